The Bertz CT molecular complexity index is 549. The van der Waals surface area contributed by atoms with Gasteiger partial charge in [0.25, 0.3) is 0 Å². The highest BCUT2D eigenvalue weighted by Gasteiger charge is 2.32. The standard InChI is InChI=1S/C15H19N3O3/c1-21-12-6-2-4-10-5-3-7-18(14(10)12)15(20)11-8-17-13(19)9-16-11/h2,4,6,11,16H,3,5,7-9H2,1H3,(H,17,19). The lowest BCUT2D eigenvalue weighted by atomic mass is 10.00. The van der Waals surface area contributed by atoms with Gasteiger partial charge in [0.05, 0.1) is 19.3 Å². The lowest BCUT2D eigenvalue weighted by Crippen LogP contribution is -2.59. The van der Waals surface area contributed by atoms with E-state index in [1.165, 1.54) is 0 Å². The molecule has 0 aromatic heterocycles. The van der Waals surface area contributed by atoms with E-state index >= 15 is 0 Å². The number of fused-ring (bicyclic) bond motifs is 1. The summed E-state index contributed by atoms with van der Waals surface area (Å²) >= 11 is 0. The zero-order chi connectivity index (χ0) is 14.8. The van der Waals surface area contributed by atoms with Gasteiger partial charge >= 0.3 is 0 Å². The second-order valence-corrected chi connectivity index (χ2v) is 5.30. The Morgan fingerprint density at radius 1 is 1.43 bits per heavy atom. The molecule has 1 fully saturated rings. The van der Waals surface area contributed by atoms with Crippen LogP contribution in [0.25, 0.3) is 0 Å². The molecule has 2 aliphatic rings. The molecule has 0 saturated carbocycles. The molecule has 112 valence electrons. The zero-order valence-electron chi connectivity index (χ0n) is 12.0. The largest absolute Gasteiger partial charge is 0.495 e. The highest BCUT2D eigenvalue weighted by Crippen LogP contribution is 2.36. The maximum atomic E-state index is 12.7. The van der Waals surface area contributed by atoms with E-state index in [9.17, 15) is 9.59 Å². The van der Waals surface area contributed by atoms with Crippen molar-refractivity contribution in [2.75, 3.05) is 31.6 Å². The van der Waals surface area contributed by atoms with E-state index in [1.807, 2.05) is 18.2 Å². The number of rotatable bonds is 2. The number of carbonyl (C=O) groups is 2. The number of anilines is 1. The molecule has 3 rings (SSSR count). The lowest BCUT2D eigenvalue weighted by Gasteiger charge is -2.34. The van der Waals surface area contributed by atoms with E-state index in [1.54, 1.807) is 12.0 Å². The van der Waals surface area contributed by atoms with Crippen LogP contribution in [0.3, 0.4) is 0 Å². The van der Waals surface area contributed by atoms with Gasteiger partial charge < -0.3 is 15.0 Å². The first-order valence-corrected chi connectivity index (χ1v) is 7.18. The van der Waals surface area contributed by atoms with Crippen LogP contribution in [-0.4, -0.2) is 44.6 Å². The van der Waals surface area contributed by atoms with Gasteiger partial charge in [0.1, 0.15) is 11.8 Å². The highest BCUT2D eigenvalue weighted by atomic mass is 16.5. The van der Waals surface area contributed by atoms with Gasteiger partial charge in [-0.15, -0.1) is 0 Å². The van der Waals surface area contributed by atoms with Crippen molar-refractivity contribution in [3.8, 4) is 5.75 Å². The Labute approximate surface area is 123 Å². The molecular formula is C15H19N3O3. The molecule has 2 aliphatic heterocycles. The average molecular weight is 289 g/mol. The van der Waals surface area contributed by atoms with Crippen molar-refractivity contribution in [2.45, 2.75) is 18.9 Å². The number of amides is 2. The topological polar surface area (TPSA) is 70.7 Å². The van der Waals surface area contributed by atoms with Crippen LogP contribution in [0.2, 0.25) is 0 Å². The number of aryl methyl sites for hydroxylation is 1. The summed E-state index contributed by atoms with van der Waals surface area (Å²) in [6.45, 7) is 1.19. The summed E-state index contributed by atoms with van der Waals surface area (Å²) in [5.74, 6) is 0.636. The van der Waals surface area contributed by atoms with E-state index in [0.29, 0.717) is 13.1 Å². The molecule has 1 aromatic carbocycles. The zero-order valence-corrected chi connectivity index (χ0v) is 12.0. The van der Waals surface area contributed by atoms with Gasteiger partial charge in [-0.3, -0.25) is 14.9 Å². The Balaban J connectivity index is 1.87. The average Bonchev–Trinajstić information content (AvgIpc) is 2.53. The van der Waals surface area contributed by atoms with Gasteiger partial charge in [-0.2, -0.15) is 0 Å². The molecule has 2 amide bonds. The van der Waals surface area contributed by atoms with E-state index < -0.39 is 0 Å². The number of nitrogens with zero attached hydrogens (tertiary/aromatic N) is 1. The van der Waals surface area contributed by atoms with Crippen LogP contribution in [-0.2, 0) is 16.0 Å². The fourth-order valence-electron chi connectivity index (χ4n) is 2.93. The van der Waals surface area contributed by atoms with Crippen LogP contribution in [0.5, 0.6) is 5.75 Å². The second kappa shape index (κ2) is 5.73. The van der Waals surface area contributed by atoms with Crippen molar-refractivity contribution in [3.63, 3.8) is 0 Å². The van der Waals surface area contributed by atoms with Crippen LogP contribution in [0.15, 0.2) is 18.2 Å². The van der Waals surface area contributed by atoms with E-state index in [0.717, 1.165) is 29.8 Å². The van der Waals surface area contributed by atoms with Crippen LogP contribution in [0.1, 0.15) is 12.0 Å². The molecule has 21 heavy (non-hydrogen) atoms. The van der Waals surface area contributed by atoms with Gasteiger partial charge in [-0.25, -0.2) is 0 Å². The molecule has 6 heteroatoms. The molecular weight excluding hydrogens is 270 g/mol. The summed E-state index contributed by atoms with van der Waals surface area (Å²) in [6.07, 6.45) is 1.89. The monoisotopic (exact) mass is 289 g/mol. The van der Waals surface area contributed by atoms with E-state index in [2.05, 4.69) is 10.6 Å². The van der Waals surface area contributed by atoms with Gasteiger partial charge in [0.2, 0.25) is 11.8 Å². The minimum absolute atomic E-state index is 0.0135. The number of nitrogens with one attached hydrogen (secondary N) is 2. The highest BCUT2D eigenvalue weighted by molar-refractivity contribution is 6.00. The van der Waals surface area contributed by atoms with Crippen molar-refractivity contribution in [1.29, 1.82) is 0 Å². The number of para-hydroxylation sites is 1. The Kier molecular flexibility index (Phi) is 3.79. The van der Waals surface area contributed by atoms with Gasteiger partial charge in [-0.1, -0.05) is 12.1 Å². The maximum absolute atomic E-state index is 12.7. The van der Waals surface area contributed by atoms with Crippen LogP contribution in [0, 0.1) is 0 Å². The number of methoxy groups -OCH3 is 1. The van der Waals surface area contributed by atoms with Gasteiger partial charge in [-0.05, 0) is 24.5 Å². The van der Waals surface area contributed by atoms with Crippen LogP contribution in [0.4, 0.5) is 5.69 Å². The van der Waals surface area contributed by atoms with Crippen molar-refractivity contribution < 1.29 is 14.3 Å². The molecule has 2 N–H and O–H groups in total. The summed E-state index contributed by atoms with van der Waals surface area (Å²) in [6, 6.07) is 5.48. The van der Waals surface area contributed by atoms with E-state index in [4.69, 9.17) is 4.74 Å². The van der Waals surface area contributed by atoms with Crippen molar-refractivity contribution in [3.05, 3.63) is 23.8 Å². The SMILES string of the molecule is COc1cccc2c1N(C(=O)C1CNC(=O)CN1)CCC2. The van der Waals surface area contributed by atoms with Gasteiger partial charge in [0, 0.05) is 13.1 Å². The molecule has 0 radical (unpaired) electrons. The Hall–Kier alpha value is -2.08. The van der Waals surface area contributed by atoms with Crippen molar-refractivity contribution in [1.82, 2.24) is 10.6 Å². The smallest absolute Gasteiger partial charge is 0.246 e. The molecule has 0 bridgehead atoms. The van der Waals surface area contributed by atoms with Crippen molar-refractivity contribution in [2.24, 2.45) is 0 Å². The summed E-state index contributed by atoms with van der Waals surface area (Å²) in [5, 5.41) is 5.71. The fourth-order valence-corrected chi connectivity index (χ4v) is 2.93. The predicted molar refractivity (Wildman–Crippen MR) is 78.5 cm³/mol. The van der Waals surface area contributed by atoms with E-state index in [-0.39, 0.29) is 24.4 Å². The normalized spacial score (nSPS) is 21.5. The minimum atomic E-state index is -0.376. The first kappa shape index (κ1) is 13.9. The number of piperazine rings is 1. The Morgan fingerprint density at radius 3 is 3.00 bits per heavy atom. The minimum Gasteiger partial charge on any atom is -0.495 e. The third-order valence-corrected chi connectivity index (χ3v) is 3.98. The number of hydrogen-bond donors (Lipinski definition) is 2. The van der Waals surface area contributed by atoms with Crippen LogP contribution < -0.4 is 20.3 Å². The lowest BCUT2D eigenvalue weighted by molar-refractivity contribution is -0.125. The Morgan fingerprint density at radius 2 is 2.29 bits per heavy atom. The second-order valence-electron chi connectivity index (χ2n) is 5.30. The molecule has 1 saturated heterocycles. The first-order chi connectivity index (χ1) is 10.2. The quantitative estimate of drug-likeness (QED) is 0.808. The summed E-state index contributed by atoms with van der Waals surface area (Å²) < 4.78 is 5.41. The third kappa shape index (κ3) is 2.58. The van der Waals surface area contributed by atoms with Crippen LogP contribution >= 0.6 is 0 Å². The summed E-state index contributed by atoms with van der Waals surface area (Å²) in [4.78, 5) is 25.7. The molecule has 1 unspecified atom stereocenters. The molecule has 0 aliphatic carbocycles. The molecule has 1 aromatic rings. The molecule has 2 heterocycles. The number of carbonyl (C=O) groups excluding carboxylic acids is 2. The summed E-state index contributed by atoms with van der Waals surface area (Å²) in [5.41, 5.74) is 2.00. The molecule has 1 atom stereocenters. The number of ether oxygens (including phenoxy) is 1. The molecule has 6 nitrogen and oxygen atoms in total. The fraction of sp³-hybridized carbons (Fsp3) is 0.467. The number of hydrogen-bond acceptors (Lipinski definition) is 4. The maximum Gasteiger partial charge on any atom is 0.246 e. The predicted octanol–water partition coefficient (Wildman–Crippen LogP) is 0.0624. The third-order valence-electron chi connectivity index (χ3n) is 3.98. The number of benzene rings is 1. The first-order valence-electron chi connectivity index (χ1n) is 7.18. The van der Waals surface area contributed by atoms with Gasteiger partial charge in [0.15, 0.2) is 0 Å². The van der Waals surface area contributed by atoms with Crippen molar-refractivity contribution >= 4 is 17.5 Å². The molecule has 0 spiro atoms. The summed E-state index contributed by atoms with van der Waals surface area (Å²) in [7, 11) is 1.62.